The molecule has 2 aromatic rings. The van der Waals surface area contributed by atoms with Crippen molar-refractivity contribution in [2.24, 2.45) is 11.8 Å². The van der Waals surface area contributed by atoms with Crippen molar-refractivity contribution in [2.75, 3.05) is 7.05 Å². The van der Waals surface area contributed by atoms with Gasteiger partial charge in [0.1, 0.15) is 6.04 Å². The summed E-state index contributed by atoms with van der Waals surface area (Å²) in [5.74, 6) is -1.58. The standard InChI is InChI=1S/C27H37N3O5/c1-19(2)15-23(16-24(31)30-35-18-22-13-9-6-10-14-22)26(32)29-25(27(33)28-4)20(3)34-17-21-11-7-5-8-12-21/h5-14,19-20,23,25H,15-18H2,1-4H3,(H,28,33)(H,29,32)(H,30,31). The summed E-state index contributed by atoms with van der Waals surface area (Å²) in [6, 6.07) is 18.1. The highest BCUT2D eigenvalue weighted by atomic mass is 16.6. The summed E-state index contributed by atoms with van der Waals surface area (Å²) in [5.41, 5.74) is 4.30. The summed E-state index contributed by atoms with van der Waals surface area (Å²) in [6.45, 7) is 6.23. The zero-order valence-corrected chi connectivity index (χ0v) is 21.0. The molecule has 0 saturated heterocycles. The van der Waals surface area contributed by atoms with Gasteiger partial charge in [-0.05, 0) is 30.4 Å². The van der Waals surface area contributed by atoms with Gasteiger partial charge in [-0.1, -0.05) is 74.5 Å². The minimum Gasteiger partial charge on any atom is -0.371 e. The largest absolute Gasteiger partial charge is 0.371 e. The Morgan fingerprint density at radius 3 is 1.94 bits per heavy atom. The van der Waals surface area contributed by atoms with Gasteiger partial charge in [0, 0.05) is 19.4 Å². The molecule has 3 atom stereocenters. The number of carbonyl (C=O) groups excluding carboxylic acids is 3. The molecule has 0 aliphatic rings. The number of benzene rings is 2. The van der Waals surface area contributed by atoms with E-state index in [9.17, 15) is 14.4 Å². The molecule has 35 heavy (non-hydrogen) atoms. The molecule has 0 fully saturated rings. The topological polar surface area (TPSA) is 106 Å². The first-order valence-corrected chi connectivity index (χ1v) is 11.9. The Morgan fingerprint density at radius 1 is 0.829 bits per heavy atom. The lowest BCUT2D eigenvalue weighted by Gasteiger charge is -2.27. The molecule has 8 nitrogen and oxygen atoms in total. The average Bonchev–Trinajstić information content (AvgIpc) is 2.85. The molecule has 190 valence electrons. The Balaban J connectivity index is 1.96. The maximum Gasteiger partial charge on any atom is 0.245 e. The second-order valence-corrected chi connectivity index (χ2v) is 8.93. The summed E-state index contributed by atoms with van der Waals surface area (Å²) in [5, 5.41) is 5.38. The van der Waals surface area contributed by atoms with E-state index in [4.69, 9.17) is 9.57 Å². The Morgan fingerprint density at radius 2 is 1.40 bits per heavy atom. The maximum atomic E-state index is 13.2. The minimum atomic E-state index is -0.900. The quantitative estimate of drug-likeness (QED) is 0.358. The second kappa shape index (κ2) is 14.9. The summed E-state index contributed by atoms with van der Waals surface area (Å²) < 4.78 is 5.88. The summed E-state index contributed by atoms with van der Waals surface area (Å²) in [7, 11) is 1.51. The molecule has 3 N–H and O–H groups in total. The lowest BCUT2D eigenvalue weighted by molar-refractivity contribution is -0.140. The van der Waals surface area contributed by atoms with Crippen molar-refractivity contribution >= 4 is 17.7 Å². The average molecular weight is 484 g/mol. The highest BCUT2D eigenvalue weighted by Gasteiger charge is 2.31. The first-order chi connectivity index (χ1) is 16.8. The Kier molecular flexibility index (Phi) is 11.9. The van der Waals surface area contributed by atoms with Crippen LogP contribution in [0.15, 0.2) is 60.7 Å². The fourth-order valence-electron chi connectivity index (χ4n) is 3.61. The van der Waals surface area contributed by atoms with E-state index in [0.717, 1.165) is 11.1 Å². The molecule has 0 aromatic heterocycles. The predicted molar refractivity (Wildman–Crippen MR) is 134 cm³/mol. The molecule has 3 amide bonds. The SMILES string of the molecule is CNC(=O)C(NC(=O)C(CC(=O)NOCc1ccccc1)CC(C)C)C(C)OCc1ccccc1. The number of carbonyl (C=O) groups is 3. The second-order valence-electron chi connectivity index (χ2n) is 8.93. The Bertz CT molecular complexity index is 921. The van der Waals surface area contributed by atoms with E-state index in [-0.39, 0.29) is 30.8 Å². The highest BCUT2D eigenvalue weighted by Crippen LogP contribution is 2.17. The molecule has 0 heterocycles. The van der Waals surface area contributed by atoms with E-state index >= 15 is 0 Å². The van der Waals surface area contributed by atoms with Gasteiger partial charge in [-0.3, -0.25) is 19.2 Å². The van der Waals surface area contributed by atoms with Crippen LogP contribution in [-0.2, 0) is 37.2 Å². The first-order valence-electron chi connectivity index (χ1n) is 11.9. The van der Waals surface area contributed by atoms with Crippen molar-refractivity contribution in [3.63, 3.8) is 0 Å². The number of hydroxylamine groups is 1. The lowest BCUT2D eigenvalue weighted by Crippen LogP contribution is -2.54. The van der Waals surface area contributed by atoms with Crippen LogP contribution in [-0.4, -0.2) is 36.9 Å². The number of likely N-dealkylation sites (N-methyl/N-ethyl adjacent to an activating group) is 1. The van der Waals surface area contributed by atoms with Gasteiger partial charge in [-0.15, -0.1) is 0 Å². The minimum absolute atomic E-state index is 0.0570. The van der Waals surface area contributed by atoms with Crippen LogP contribution in [0.3, 0.4) is 0 Å². The van der Waals surface area contributed by atoms with Gasteiger partial charge in [0.15, 0.2) is 0 Å². The lowest BCUT2D eigenvalue weighted by atomic mass is 9.92. The fraction of sp³-hybridized carbons (Fsp3) is 0.444. The highest BCUT2D eigenvalue weighted by molar-refractivity contribution is 5.90. The molecule has 0 aliphatic carbocycles. The van der Waals surface area contributed by atoms with Crippen molar-refractivity contribution in [1.29, 1.82) is 0 Å². The summed E-state index contributed by atoms with van der Waals surface area (Å²) in [4.78, 5) is 43.5. The zero-order chi connectivity index (χ0) is 25.6. The van der Waals surface area contributed by atoms with Crippen molar-refractivity contribution in [3.05, 3.63) is 71.8 Å². The van der Waals surface area contributed by atoms with E-state index in [1.54, 1.807) is 6.92 Å². The van der Waals surface area contributed by atoms with E-state index in [1.165, 1.54) is 7.05 Å². The molecule has 0 bridgehead atoms. The predicted octanol–water partition coefficient (Wildman–Crippen LogP) is 3.12. The third-order valence-corrected chi connectivity index (χ3v) is 5.48. The van der Waals surface area contributed by atoms with Crippen LogP contribution >= 0.6 is 0 Å². The first kappa shape index (κ1) is 28.0. The number of rotatable bonds is 14. The van der Waals surface area contributed by atoms with Crippen LogP contribution in [0.4, 0.5) is 0 Å². The molecule has 0 spiro atoms. The molecule has 0 radical (unpaired) electrons. The van der Waals surface area contributed by atoms with Gasteiger partial charge in [0.2, 0.25) is 17.7 Å². The van der Waals surface area contributed by atoms with Crippen LogP contribution < -0.4 is 16.1 Å². The maximum absolute atomic E-state index is 13.2. The van der Waals surface area contributed by atoms with Gasteiger partial charge in [0.25, 0.3) is 0 Å². The third-order valence-electron chi connectivity index (χ3n) is 5.48. The van der Waals surface area contributed by atoms with E-state index in [1.807, 2.05) is 74.5 Å². The molecule has 2 aromatic carbocycles. The molecule has 8 heteroatoms. The van der Waals surface area contributed by atoms with Crippen LogP contribution in [0.25, 0.3) is 0 Å². The molecule has 2 rings (SSSR count). The van der Waals surface area contributed by atoms with Gasteiger partial charge in [-0.25, -0.2) is 5.48 Å². The smallest absolute Gasteiger partial charge is 0.245 e. The van der Waals surface area contributed by atoms with E-state index in [2.05, 4.69) is 16.1 Å². The van der Waals surface area contributed by atoms with Crippen molar-refractivity contribution in [3.8, 4) is 0 Å². The normalized spacial score (nSPS) is 13.5. The number of amides is 3. The molecular formula is C27H37N3O5. The molecule has 0 aliphatic heterocycles. The monoisotopic (exact) mass is 483 g/mol. The van der Waals surface area contributed by atoms with Gasteiger partial charge in [0.05, 0.1) is 19.3 Å². The van der Waals surface area contributed by atoms with E-state index in [0.29, 0.717) is 13.0 Å². The van der Waals surface area contributed by atoms with Crippen LogP contribution in [0.1, 0.15) is 44.7 Å². The summed E-state index contributed by atoms with van der Waals surface area (Å²) >= 11 is 0. The van der Waals surface area contributed by atoms with Gasteiger partial charge in [-0.2, -0.15) is 0 Å². The number of nitrogens with one attached hydrogen (secondary N) is 3. The molecule has 3 unspecified atom stereocenters. The number of hydrogen-bond acceptors (Lipinski definition) is 5. The van der Waals surface area contributed by atoms with Crippen molar-refractivity contribution in [1.82, 2.24) is 16.1 Å². The van der Waals surface area contributed by atoms with Crippen molar-refractivity contribution in [2.45, 2.75) is 59.0 Å². The van der Waals surface area contributed by atoms with Gasteiger partial charge >= 0.3 is 0 Å². The van der Waals surface area contributed by atoms with Crippen LogP contribution in [0.2, 0.25) is 0 Å². The van der Waals surface area contributed by atoms with Crippen LogP contribution in [0.5, 0.6) is 0 Å². The fourth-order valence-corrected chi connectivity index (χ4v) is 3.61. The molecular weight excluding hydrogens is 446 g/mol. The van der Waals surface area contributed by atoms with Crippen LogP contribution in [0, 0.1) is 11.8 Å². The number of ether oxygens (including phenoxy) is 1. The zero-order valence-electron chi connectivity index (χ0n) is 21.0. The third kappa shape index (κ3) is 10.3. The molecule has 0 saturated carbocycles. The Labute approximate surface area is 207 Å². The Hall–Kier alpha value is -3.23. The summed E-state index contributed by atoms with van der Waals surface area (Å²) in [6.07, 6.45) is -0.155. The number of hydrogen-bond donors (Lipinski definition) is 3. The van der Waals surface area contributed by atoms with Crippen molar-refractivity contribution < 1.29 is 24.0 Å². The van der Waals surface area contributed by atoms with Gasteiger partial charge < -0.3 is 15.4 Å². The van der Waals surface area contributed by atoms with E-state index < -0.39 is 24.0 Å².